The Bertz CT molecular complexity index is 857. The lowest BCUT2D eigenvalue weighted by Crippen LogP contribution is -2.61. The van der Waals surface area contributed by atoms with Crippen LogP contribution in [0.1, 0.15) is 66.7 Å². The molecule has 0 unspecified atom stereocenters. The van der Waals surface area contributed by atoms with Crippen molar-refractivity contribution in [2.75, 3.05) is 0 Å². The second kappa shape index (κ2) is 6.54. The summed E-state index contributed by atoms with van der Waals surface area (Å²) in [5.74, 6) is 0.354. The highest BCUT2D eigenvalue weighted by atomic mass is 35.5. The molecule has 0 amide bonds. The molecule has 0 aromatic carbocycles. The number of Topliss-reactive ketones (excluding diaryl/α,β-unsaturated/α-hetero) is 1. The Morgan fingerprint density at radius 2 is 1.90 bits per heavy atom. The maximum absolute atomic E-state index is 12.8. The average Bonchev–Trinajstić information content (AvgIpc) is 2.89. The molecule has 0 aromatic heterocycles. The zero-order valence-electron chi connectivity index (χ0n) is 18.0. The zero-order chi connectivity index (χ0) is 21.4. The van der Waals surface area contributed by atoms with Gasteiger partial charge in [-0.2, -0.15) is 0 Å². The van der Waals surface area contributed by atoms with Crippen LogP contribution in [-0.4, -0.2) is 28.5 Å². The van der Waals surface area contributed by atoms with Crippen molar-refractivity contribution in [1.82, 2.24) is 0 Å². The standard InChI is InChI=1S/C24H31ClO4/c1-13-10-17-18-7-9-24(14(2)26,29-15(3)27)23(18,5)12-20(25)21(17)22(4)8-6-16(28)11-19(13)22/h10-11,17-18,20-21H,6-9,12H2,1-5H3/t17-,18-,20-,21+,22-,23-,24-/m0/s1. The largest absolute Gasteiger partial charge is 0.451 e. The van der Waals surface area contributed by atoms with Crippen LogP contribution in [0.3, 0.4) is 0 Å². The maximum Gasteiger partial charge on any atom is 0.303 e. The van der Waals surface area contributed by atoms with E-state index in [1.807, 2.05) is 6.08 Å². The molecule has 4 aliphatic carbocycles. The lowest BCUT2D eigenvalue weighted by molar-refractivity contribution is -0.184. The minimum absolute atomic E-state index is 0.0772. The molecule has 5 heteroatoms. The Labute approximate surface area is 178 Å². The van der Waals surface area contributed by atoms with Gasteiger partial charge in [0.2, 0.25) is 0 Å². The number of ether oxygens (including phenoxy) is 1. The van der Waals surface area contributed by atoms with Crippen molar-refractivity contribution in [2.45, 2.75) is 77.7 Å². The number of ketones is 2. The SMILES string of the molecule is CC(=O)O[C@]1(C(C)=O)CC[C@H]2[C@@H]3C=C(C)C4=CC(=O)CC[C@]4(C)[C@H]3[C@@H](Cl)C[C@@]21C. The molecule has 0 N–H and O–H groups in total. The number of halogens is 1. The summed E-state index contributed by atoms with van der Waals surface area (Å²) in [6.45, 7) is 9.38. The van der Waals surface area contributed by atoms with Crippen LogP contribution >= 0.6 is 11.6 Å². The van der Waals surface area contributed by atoms with Crippen LogP contribution in [-0.2, 0) is 19.1 Å². The summed E-state index contributed by atoms with van der Waals surface area (Å²) in [6.07, 6.45) is 7.53. The molecule has 0 spiro atoms. The summed E-state index contributed by atoms with van der Waals surface area (Å²) in [4.78, 5) is 36.9. The van der Waals surface area contributed by atoms with E-state index in [1.165, 1.54) is 6.92 Å². The summed E-state index contributed by atoms with van der Waals surface area (Å²) in [6, 6.07) is 0. The Morgan fingerprint density at radius 1 is 1.21 bits per heavy atom. The van der Waals surface area contributed by atoms with Crippen LogP contribution in [0.25, 0.3) is 0 Å². The van der Waals surface area contributed by atoms with Crippen LogP contribution in [0.5, 0.6) is 0 Å². The van der Waals surface area contributed by atoms with Gasteiger partial charge in [-0.25, -0.2) is 0 Å². The van der Waals surface area contributed by atoms with Crippen molar-refractivity contribution in [2.24, 2.45) is 28.6 Å². The third-order valence-electron chi connectivity index (χ3n) is 8.74. The van der Waals surface area contributed by atoms with Crippen LogP contribution in [0.4, 0.5) is 0 Å². The van der Waals surface area contributed by atoms with Crippen molar-refractivity contribution in [1.29, 1.82) is 0 Å². The Kier molecular flexibility index (Phi) is 4.70. The van der Waals surface area contributed by atoms with Gasteiger partial charge in [0, 0.05) is 24.1 Å². The molecule has 4 aliphatic rings. The van der Waals surface area contributed by atoms with E-state index in [2.05, 4.69) is 26.8 Å². The Morgan fingerprint density at radius 3 is 2.52 bits per heavy atom. The van der Waals surface area contributed by atoms with E-state index in [0.717, 1.165) is 24.0 Å². The van der Waals surface area contributed by atoms with Gasteiger partial charge in [0.15, 0.2) is 17.2 Å². The third-order valence-corrected chi connectivity index (χ3v) is 9.16. The summed E-state index contributed by atoms with van der Waals surface area (Å²) in [5, 5.41) is -0.153. The fourth-order valence-corrected chi connectivity index (χ4v) is 8.30. The van der Waals surface area contributed by atoms with Gasteiger partial charge in [0.1, 0.15) is 0 Å². The molecule has 7 atom stereocenters. The van der Waals surface area contributed by atoms with Crippen LogP contribution in [0.2, 0.25) is 0 Å². The molecule has 0 radical (unpaired) electrons. The van der Waals surface area contributed by atoms with E-state index < -0.39 is 17.0 Å². The number of carbonyl (C=O) groups is 3. The van der Waals surface area contributed by atoms with E-state index in [0.29, 0.717) is 19.3 Å². The van der Waals surface area contributed by atoms with E-state index in [9.17, 15) is 14.4 Å². The van der Waals surface area contributed by atoms with Crippen molar-refractivity contribution in [3.05, 3.63) is 23.3 Å². The van der Waals surface area contributed by atoms with Gasteiger partial charge < -0.3 is 4.74 Å². The molecular formula is C24H31ClO4. The Balaban J connectivity index is 1.84. The van der Waals surface area contributed by atoms with Crippen LogP contribution < -0.4 is 0 Å². The smallest absolute Gasteiger partial charge is 0.303 e. The van der Waals surface area contributed by atoms with Gasteiger partial charge in [-0.3, -0.25) is 14.4 Å². The monoisotopic (exact) mass is 418 g/mol. The van der Waals surface area contributed by atoms with Gasteiger partial charge in [0.05, 0.1) is 0 Å². The molecular weight excluding hydrogens is 388 g/mol. The topological polar surface area (TPSA) is 60.4 Å². The number of carbonyl (C=O) groups excluding carboxylic acids is 3. The molecule has 0 aliphatic heterocycles. The molecule has 4 rings (SSSR count). The predicted octanol–water partition coefficient (Wildman–Crippen LogP) is 4.79. The minimum atomic E-state index is -1.09. The maximum atomic E-state index is 12.8. The average molecular weight is 419 g/mol. The van der Waals surface area contributed by atoms with Crippen LogP contribution in [0.15, 0.2) is 23.3 Å². The van der Waals surface area contributed by atoms with E-state index in [4.69, 9.17) is 16.3 Å². The highest BCUT2D eigenvalue weighted by Crippen LogP contribution is 2.68. The van der Waals surface area contributed by atoms with Crippen molar-refractivity contribution < 1.29 is 19.1 Å². The number of allylic oxidation sites excluding steroid dienone is 4. The first-order valence-electron chi connectivity index (χ1n) is 10.7. The number of hydrogen-bond donors (Lipinski definition) is 0. The highest BCUT2D eigenvalue weighted by molar-refractivity contribution is 6.21. The first kappa shape index (κ1) is 20.8. The summed E-state index contributed by atoms with van der Waals surface area (Å²) in [5.41, 5.74) is 0.580. The number of esters is 1. The van der Waals surface area contributed by atoms with Crippen molar-refractivity contribution >= 4 is 29.1 Å². The molecule has 4 nitrogen and oxygen atoms in total. The second-order valence-electron chi connectivity index (χ2n) is 10.2. The normalized spacial score (nSPS) is 46.1. The van der Waals surface area contributed by atoms with Crippen LogP contribution in [0, 0.1) is 28.6 Å². The molecule has 158 valence electrons. The minimum Gasteiger partial charge on any atom is -0.451 e. The highest BCUT2D eigenvalue weighted by Gasteiger charge is 2.69. The quantitative estimate of drug-likeness (QED) is 0.477. The number of alkyl halides is 1. The van der Waals surface area contributed by atoms with Gasteiger partial charge in [-0.15, -0.1) is 11.6 Å². The van der Waals surface area contributed by atoms with Crippen molar-refractivity contribution in [3.8, 4) is 0 Å². The molecule has 29 heavy (non-hydrogen) atoms. The number of hydrogen-bond acceptors (Lipinski definition) is 4. The summed E-state index contributed by atoms with van der Waals surface area (Å²) >= 11 is 7.12. The predicted molar refractivity (Wildman–Crippen MR) is 111 cm³/mol. The summed E-state index contributed by atoms with van der Waals surface area (Å²) in [7, 11) is 0. The molecule has 0 aromatic rings. The molecule has 0 bridgehead atoms. The molecule has 0 saturated heterocycles. The number of fused-ring (bicyclic) bond motifs is 5. The summed E-state index contributed by atoms with van der Waals surface area (Å²) < 4.78 is 5.81. The fraction of sp³-hybridized carbons (Fsp3) is 0.708. The molecule has 2 saturated carbocycles. The van der Waals surface area contributed by atoms with Gasteiger partial charge in [-0.05, 0) is 74.3 Å². The molecule has 0 heterocycles. The van der Waals surface area contributed by atoms with Gasteiger partial charge in [-0.1, -0.05) is 25.5 Å². The van der Waals surface area contributed by atoms with Crippen molar-refractivity contribution in [3.63, 3.8) is 0 Å². The first-order valence-corrected chi connectivity index (χ1v) is 11.2. The fourth-order valence-electron chi connectivity index (χ4n) is 7.53. The Hall–Kier alpha value is -1.42. The van der Waals surface area contributed by atoms with E-state index >= 15 is 0 Å². The lowest BCUT2D eigenvalue weighted by atomic mass is 9.47. The third kappa shape index (κ3) is 2.67. The zero-order valence-corrected chi connectivity index (χ0v) is 18.8. The van der Waals surface area contributed by atoms with E-state index in [1.54, 1.807) is 6.92 Å². The molecule has 2 fully saturated rings. The van der Waals surface area contributed by atoms with Gasteiger partial charge >= 0.3 is 5.97 Å². The number of rotatable bonds is 2. The van der Waals surface area contributed by atoms with Gasteiger partial charge in [0.25, 0.3) is 0 Å². The lowest BCUT2D eigenvalue weighted by Gasteiger charge is -2.59. The first-order chi connectivity index (χ1) is 13.5. The second-order valence-corrected chi connectivity index (χ2v) is 10.7. The van der Waals surface area contributed by atoms with E-state index in [-0.39, 0.29) is 40.1 Å².